The van der Waals surface area contributed by atoms with Crippen LogP contribution in [0.25, 0.3) is 12.2 Å². The number of hydrogen-bond donors (Lipinski definition) is 1. The predicted molar refractivity (Wildman–Crippen MR) is 51.8 cm³/mol. The lowest BCUT2D eigenvalue weighted by atomic mass is 10.1. The third-order valence-corrected chi connectivity index (χ3v) is 2.10. The van der Waals surface area contributed by atoms with Crippen LogP contribution in [0.3, 0.4) is 0 Å². The molecule has 0 fully saturated rings. The summed E-state index contributed by atoms with van der Waals surface area (Å²) in [6.45, 7) is 2.16. The SMILES string of the molecule is CCc1c[nH]c2c1C=C=CC=C2. The number of hydrogen-bond acceptors (Lipinski definition) is 0. The van der Waals surface area contributed by atoms with Gasteiger partial charge in [0.1, 0.15) is 0 Å². The van der Waals surface area contributed by atoms with E-state index in [-0.39, 0.29) is 0 Å². The molecule has 1 aromatic heterocycles. The minimum absolute atomic E-state index is 1.07. The molecule has 0 amide bonds. The Balaban J connectivity index is 2.61. The highest BCUT2D eigenvalue weighted by atomic mass is 14.7. The lowest BCUT2D eigenvalue weighted by molar-refractivity contribution is 1.14. The predicted octanol–water partition coefficient (Wildman–Crippen LogP) is 2.77. The van der Waals surface area contributed by atoms with E-state index in [0.29, 0.717) is 0 Å². The van der Waals surface area contributed by atoms with Gasteiger partial charge in [0.2, 0.25) is 0 Å². The average Bonchev–Trinajstić information content (AvgIpc) is 2.33. The summed E-state index contributed by atoms with van der Waals surface area (Å²) < 4.78 is 0. The van der Waals surface area contributed by atoms with E-state index >= 15 is 0 Å². The Morgan fingerprint density at radius 1 is 1.50 bits per heavy atom. The molecule has 1 aliphatic rings. The third kappa shape index (κ3) is 1.05. The molecule has 1 aliphatic carbocycles. The maximum atomic E-state index is 3.24. The first kappa shape index (κ1) is 7.20. The van der Waals surface area contributed by atoms with E-state index < -0.39 is 0 Å². The van der Waals surface area contributed by atoms with Crippen LogP contribution in [-0.4, -0.2) is 4.98 Å². The fraction of sp³-hybridized carbons (Fsp3) is 0.182. The minimum Gasteiger partial charge on any atom is -0.361 e. The van der Waals surface area contributed by atoms with Crippen LogP contribution >= 0.6 is 0 Å². The molecule has 0 spiro atoms. The Morgan fingerprint density at radius 2 is 2.42 bits per heavy atom. The number of aromatic amines is 1. The van der Waals surface area contributed by atoms with Gasteiger partial charge in [-0.25, -0.2) is 0 Å². The van der Waals surface area contributed by atoms with Crippen molar-refractivity contribution in [3.05, 3.63) is 40.9 Å². The minimum atomic E-state index is 1.07. The van der Waals surface area contributed by atoms with Gasteiger partial charge in [-0.2, -0.15) is 0 Å². The van der Waals surface area contributed by atoms with E-state index in [1.54, 1.807) is 0 Å². The molecule has 12 heavy (non-hydrogen) atoms. The second-order valence-corrected chi connectivity index (χ2v) is 2.83. The number of aryl methyl sites for hydroxylation is 1. The van der Waals surface area contributed by atoms with Crippen molar-refractivity contribution in [2.75, 3.05) is 0 Å². The average molecular weight is 157 g/mol. The highest BCUT2D eigenvalue weighted by molar-refractivity contribution is 5.68. The van der Waals surface area contributed by atoms with Crippen LogP contribution in [0.2, 0.25) is 0 Å². The van der Waals surface area contributed by atoms with Crippen molar-refractivity contribution in [1.82, 2.24) is 4.98 Å². The molecule has 0 saturated heterocycles. The zero-order chi connectivity index (χ0) is 8.39. The number of fused-ring (bicyclic) bond motifs is 1. The summed E-state index contributed by atoms with van der Waals surface area (Å²) in [7, 11) is 0. The second-order valence-electron chi connectivity index (χ2n) is 2.83. The van der Waals surface area contributed by atoms with Crippen LogP contribution in [0, 0.1) is 0 Å². The van der Waals surface area contributed by atoms with Gasteiger partial charge in [0.05, 0.1) is 0 Å². The number of nitrogens with one attached hydrogen (secondary N) is 1. The Labute approximate surface area is 72.1 Å². The van der Waals surface area contributed by atoms with Crippen LogP contribution in [0.15, 0.2) is 24.1 Å². The summed E-state index contributed by atoms with van der Waals surface area (Å²) >= 11 is 0. The Morgan fingerprint density at radius 3 is 3.25 bits per heavy atom. The lowest BCUT2D eigenvalue weighted by Crippen LogP contribution is -1.79. The zero-order valence-corrected chi connectivity index (χ0v) is 7.09. The van der Waals surface area contributed by atoms with Gasteiger partial charge in [-0.05, 0) is 30.2 Å². The van der Waals surface area contributed by atoms with Crippen molar-refractivity contribution in [3.8, 4) is 0 Å². The first-order chi connectivity index (χ1) is 5.92. The lowest BCUT2D eigenvalue weighted by Gasteiger charge is -1.93. The van der Waals surface area contributed by atoms with E-state index in [1.807, 2.05) is 18.2 Å². The molecule has 0 bridgehead atoms. The molecule has 60 valence electrons. The van der Waals surface area contributed by atoms with Gasteiger partial charge in [0.15, 0.2) is 0 Å². The molecule has 0 radical (unpaired) electrons. The second kappa shape index (κ2) is 2.88. The maximum Gasteiger partial charge on any atom is 0.0463 e. The van der Waals surface area contributed by atoms with Gasteiger partial charge >= 0.3 is 0 Å². The summed E-state index contributed by atoms with van der Waals surface area (Å²) in [6, 6.07) is 0. The topological polar surface area (TPSA) is 15.8 Å². The van der Waals surface area contributed by atoms with E-state index in [1.165, 1.54) is 16.8 Å². The highest BCUT2D eigenvalue weighted by Gasteiger charge is 2.04. The van der Waals surface area contributed by atoms with Gasteiger partial charge in [-0.15, -0.1) is 5.73 Å². The fourth-order valence-corrected chi connectivity index (χ4v) is 1.43. The van der Waals surface area contributed by atoms with Gasteiger partial charge in [-0.3, -0.25) is 0 Å². The zero-order valence-electron chi connectivity index (χ0n) is 7.09. The molecule has 1 aromatic rings. The van der Waals surface area contributed by atoms with Crippen molar-refractivity contribution in [1.29, 1.82) is 0 Å². The third-order valence-electron chi connectivity index (χ3n) is 2.10. The summed E-state index contributed by atoms with van der Waals surface area (Å²) in [6.07, 6.45) is 11.2. The largest absolute Gasteiger partial charge is 0.361 e. The van der Waals surface area contributed by atoms with Crippen LogP contribution in [0.5, 0.6) is 0 Å². The number of allylic oxidation sites excluding steroid dienone is 2. The molecule has 1 heterocycles. The Bertz CT molecular complexity index is 374. The molecule has 1 heteroatoms. The van der Waals surface area contributed by atoms with Gasteiger partial charge in [-0.1, -0.05) is 13.0 Å². The van der Waals surface area contributed by atoms with E-state index in [0.717, 1.165) is 6.42 Å². The summed E-state index contributed by atoms with van der Waals surface area (Å²) in [5.74, 6) is 0. The summed E-state index contributed by atoms with van der Waals surface area (Å²) in [5.41, 5.74) is 6.93. The van der Waals surface area contributed by atoms with Crippen molar-refractivity contribution in [2.24, 2.45) is 0 Å². The van der Waals surface area contributed by atoms with Crippen LogP contribution in [0.1, 0.15) is 23.7 Å². The normalized spacial score (nSPS) is 13.1. The maximum absolute atomic E-state index is 3.24. The quantitative estimate of drug-likeness (QED) is 0.603. The molecule has 2 rings (SSSR count). The number of rotatable bonds is 1. The van der Waals surface area contributed by atoms with Crippen LogP contribution in [0.4, 0.5) is 0 Å². The van der Waals surface area contributed by atoms with Crippen molar-refractivity contribution in [2.45, 2.75) is 13.3 Å². The monoisotopic (exact) mass is 157 g/mol. The molecule has 1 N–H and O–H groups in total. The molecular weight excluding hydrogens is 146 g/mol. The molecule has 1 nitrogen and oxygen atoms in total. The molecular formula is C11H11N. The first-order valence-corrected chi connectivity index (χ1v) is 4.21. The highest BCUT2D eigenvalue weighted by Crippen LogP contribution is 2.18. The summed E-state index contributed by atoms with van der Waals surface area (Å²) in [4.78, 5) is 3.24. The van der Waals surface area contributed by atoms with Crippen molar-refractivity contribution < 1.29 is 0 Å². The van der Waals surface area contributed by atoms with Crippen LogP contribution < -0.4 is 0 Å². The van der Waals surface area contributed by atoms with Crippen molar-refractivity contribution >= 4 is 12.2 Å². The molecule has 0 aliphatic heterocycles. The van der Waals surface area contributed by atoms with E-state index in [2.05, 4.69) is 29.9 Å². The molecule has 0 atom stereocenters. The smallest absolute Gasteiger partial charge is 0.0463 e. The van der Waals surface area contributed by atoms with Crippen molar-refractivity contribution in [3.63, 3.8) is 0 Å². The standard InChI is InChI=1S/C11H11N/c1-2-9-8-12-11-7-5-3-4-6-10(9)11/h3,5-8,12H,2H2,1H3. The Kier molecular flexibility index (Phi) is 1.73. The first-order valence-electron chi connectivity index (χ1n) is 4.21. The molecule has 0 unspecified atom stereocenters. The Hall–Kier alpha value is -1.46. The van der Waals surface area contributed by atoms with Gasteiger partial charge in [0.25, 0.3) is 0 Å². The van der Waals surface area contributed by atoms with E-state index in [4.69, 9.17) is 0 Å². The summed E-state index contributed by atoms with van der Waals surface area (Å²) in [5, 5.41) is 0. The number of aromatic nitrogens is 1. The van der Waals surface area contributed by atoms with Crippen LogP contribution in [-0.2, 0) is 6.42 Å². The number of H-pyrrole nitrogens is 1. The molecule has 0 saturated carbocycles. The molecule has 0 aromatic carbocycles. The van der Waals surface area contributed by atoms with Gasteiger partial charge < -0.3 is 4.98 Å². The van der Waals surface area contributed by atoms with E-state index in [9.17, 15) is 0 Å². The fourth-order valence-electron chi connectivity index (χ4n) is 1.43. The van der Waals surface area contributed by atoms with Gasteiger partial charge in [0, 0.05) is 17.5 Å².